The predicted molar refractivity (Wildman–Crippen MR) is 112 cm³/mol. The topological polar surface area (TPSA) is 36.9 Å². The van der Waals surface area contributed by atoms with E-state index in [2.05, 4.69) is 27.7 Å². The van der Waals surface area contributed by atoms with Crippen LogP contribution in [0.4, 0.5) is 0 Å². The average molecular weight is 419 g/mol. The van der Waals surface area contributed by atoms with Crippen LogP contribution < -0.4 is 0 Å². The first kappa shape index (κ1) is 23.0. The fourth-order valence-corrected chi connectivity index (χ4v) is 42.1. The Labute approximate surface area is 156 Å². The van der Waals surface area contributed by atoms with Crippen molar-refractivity contribution in [3.05, 3.63) is 0 Å². The van der Waals surface area contributed by atoms with Crippen molar-refractivity contribution in [3.63, 3.8) is 0 Å². The molecule has 1 rings (SSSR count). The molecule has 0 aromatic carbocycles. The molecular formula is C16H36O4P2S2. The molecule has 0 radical (unpaired) electrons. The summed E-state index contributed by atoms with van der Waals surface area (Å²) in [5.74, 6) is 0.572. The molecule has 0 bridgehead atoms. The van der Waals surface area contributed by atoms with Crippen LogP contribution in [-0.2, 0) is 18.9 Å². The third-order valence-electron chi connectivity index (χ3n) is 5.51. The van der Waals surface area contributed by atoms with Gasteiger partial charge in [0.15, 0.2) is 0 Å². The zero-order chi connectivity index (χ0) is 18.4. The number of hydrogen-bond donors (Lipinski definition) is 0. The second kappa shape index (κ2) is 9.80. The van der Waals surface area contributed by atoms with Crippen molar-refractivity contribution in [1.82, 2.24) is 0 Å². The van der Waals surface area contributed by atoms with Crippen molar-refractivity contribution in [2.24, 2.45) is 0 Å². The molecule has 0 N–H and O–H groups in total. The van der Waals surface area contributed by atoms with Crippen LogP contribution >= 0.6 is 31.8 Å². The summed E-state index contributed by atoms with van der Waals surface area (Å²) >= 11 is 0. The zero-order valence-electron chi connectivity index (χ0n) is 16.5. The minimum atomic E-state index is -2.74. The maximum atomic E-state index is 6.23. The molecule has 1 aromatic rings. The summed E-state index contributed by atoms with van der Waals surface area (Å²) in [7, 11) is 11.5. The SMILES string of the molecule is CCC(OC)P(C(CC)OC)(C(CC)OC)(C(CC)OC)p1ss1. The molecule has 0 amide bonds. The van der Waals surface area contributed by atoms with Crippen LogP contribution in [0.1, 0.15) is 53.4 Å². The van der Waals surface area contributed by atoms with Crippen LogP contribution in [0, 0.1) is 0 Å². The van der Waals surface area contributed by atoms with Crippen LogP contribution in [-0.4, -0.2) is 51.8 Å². The van der Waals surface area contributed by atoms with E-state index in [4.69, 9.17) is 18.9 Å². The fourth-order valence-electron chi connectivity index (χ4n) is 4.88. The molecular weight excluding hydrogens is 382 g/mol. The standard InChI is InChI=1S/C16H36O4P2S2/c1-9-13(17-5)22(21-23-24-21,14(10-2)18-6,15(11-3)19-7)16(12-4)20-8/h13-16H,9-12H2,1-8H3. The predicted octanol–water partition coefficient (Wildman–Crippen LogP) is 6.64. The molecule has 0 spiro atoms. The molecule has 4 atom stereocenters. The normalized spacial score (nSPS) is 19.6. The van der Waals surface area contributed by atoms with Gasteiger partial charge in [-0.1, -0.05) is 0 Å². The van der Waals surface area contributed by atoms with E-state index >= 15 is 0 Å². The Bertz CT molecular complexity index is 376. The first-order valence-electron chi connectivity index (χ1n) is 8.80. The number of hydrogen-bond acceptors (Lipinski definition) is 6. The Morgan fingerprint density at radius 3 is 1.00 bits per heavy atom. The zero-order valence-corrected chi connectivity index (χ0v) is 19.9. The van der Waals surface area contributed by atoms with Gasteiger partial charge in [0.2, 0.25) is 0 Å². The van der Waals surface area contributed by atoms with Gasteiger partial charge in [-0.15, -0.1) is 0 Å². The molecule has 24 heavy (non-hydrogen) atoms. The first-order chi connectivity index (χ1) is 11.5. The molecule has 1 aromatic heterocycles. The van der Waals surface area contributed by atoms with E-state index in [1.165, 1.54) is 0 Å². The Morgan fingerprint density at radius 2 is 0.875 bits per heavy atom. The monoisotopic (exact) mass is 418 g/mol. The minimum absolute atomic E-state index is 0.143. The van der Waals surface area contributed by atoms with E-state index in [1.807, 2.05) is 48.3 Å². The summed E-state index contributed by atoms with van der Waals surface area (Å²) in [6.45, 7) is 8.93. The van der Waals surface area contributed by atoms with E-state index in [9.17, 15) is 0 Å². The summed E-state index contributed by atoms with van der Waals surface area (Å²) in [6, 6.07) is 0. The van der Waals surface area contributed by atoms with E-state index in [-0.39, 0.29) is 29.0 Å². The molecule has 0 aliphatic rings. The van der Waals surface area contributed by atoms with Gasteiger partial charge in [-0.05, 0) is 0 Å². The summed E-state index contributed by atoms with van der Waals surface area (Å²) in [5, 5.41) is 0. The average Bonchev–Trinajstić information content (AvgIpc) is 3.44. The van der Waals surface area contributed by atoms with Crippen molar-refractivity contribution in [2.45, 2.75) is 76.8 Å². The Kier molecular flexibility index (Phi) is 9.42. The second-order valence-electron chi connectivity index (χ2n) is 6.14. The third kappa shape index (κ3) is 3.10. The number of ether oxygens (including phenoxy) is 4. The molecule has 0 aliphatic heterocycles. The van der Waals surface area contributed by atoms with Gasteiger partial charge >= 0.3 is 156 Å². The third-order valence-corrected chi connectivity index (χ3v) is 33.0. The van der Waals surface area contributed by atoms with Gasteiger partial charge in [-0.2, -0.15) is 0 Å². The van der Waals surface area contributed by atoms with Gasteiger partial charge in [0.25, 0.3) is 0 Å². The molecule has 4 unspecified atom stereocenters. The molecule has 4 nitrogen and oxygen atoms in total. The van der Waals surface area contributed by atoms with Gasteiger partial charge in [0.05, 0.1) is 0 Å². The second-order valence-corrected chi connectivity index (χ2v) is 24.0. The van der Waals surface area contributed by atoms with Gasteiger partial charge < -0.3 is 0 Å². The van der Waals surface area contributed by atoms with Crippen LogP contribution in [0.25, 0.3) is 0 Å². The van der Waals surface area contributed by atoms with Crippen molar-refractivity contribution in [3.8, 4) is 0 Å². The van der Waals surface area contributed by atoms with E-state index < -0.39 is 6.29 Å². The first-order valence-corrected chi connectivity index (χ1v) is 16.7. The van der Waals surface area contributed by atoms with E-state index in [0.717, 1.165) is 25.7 Å². The Morgan fingerprint density at radius 1 is 0.625 bits per heavy atom. The summed E-state index contributed by atoms with van der Waals surface area (Å²) in [5.41, 5.74) is -0.323. The van der Waals surface area contributed by atoms with Crippen LogP contribution in [0.5, 0.6) is 0 Å². The molecule has 0 saturated carbocycles. The van der Waals surface area contributed by atoms with E-state index in [1.54, 1.807) is 0 Å². The quantitative estimate of drug-likeness (QED) is 0.266. The fraction of sp³-hybridized carbons (Fsp3) is 1.00. The maximum absolute atomic E-state index is 6.23. The molecule has 0 fully saturated rings. The van der Waals surface area contributed by atoms with Crippen molar-refractivity contribution >= 4 is 31.8 Å². The Hall–Kier alpha value is 1.01. The van der Waals surface area contributed by atoms with Gasteiger partial charge in [0.1, 0.15) is 0 Å². The molecule has 146 valence electrons. The van der Waals surface area contributed by atoms with Crippen LogP contribution in [0.2, 0.25) is 0 Å². The van der Waals surface area contributed by atoms with Crippen LogP contribution in [0.15, 0.2) is 0 Å². The summed E-state index contributed by atoms with van der Waals surface area (Å²) < 4.78 is 24.9. The van der Waals surface area contributed by atoms with Crippen molar-refractivity contribution < 1.29 is 18.9 Å². The Balaban J connectivity index is 3.94. The number of methoxy groups -OCH3 is 4. The number of rotatable bonds is 13. The van der Waals surface area contributed by atoms with Crippen molar-refractivity contribution in [1.29, 1.82) is 0 Å². The summed E-state index contributed by atoms with van der Waals surface area (Å²) in [4.78, 5) is 0. The van der Waals surface area contributed by atoms with E-state index in [0.29, 0.717) is 0 Å². The molecule has 0 saturated heterocycles. The van der Waals surface area contributed by atoms with Gasteiger partial charge in [-0.25, -0.2) is 0 Å². The van der Waals surface area contributed by atoms with Gasteiger partial charge in [-0.3, -0.25) is 0 Å². The van der Waals surface area contributed by atoms with Crippen molar-refractivity contribution in [2.75, 3.05) is 28.4 Å². The molecule has 1 heterocycles. The summed E-state index contributed by atoms with van der Waals surface area (Å²) in [6.07, 6.45) is 1.12. The molecule has 8 heteroatoms. The molecule has 0 aliphatic carbocycles. The van der Waals surface area contributed by atoms with Gasteiger partial charge in [0, 0.05) is 0 Å². The van der Waals surface area contributed by atoms with Crippen LogP contribution in [0.3, 0.4) is 0 Å².